The molecule has 0 saturated carbocycles. The number of amides is 1. The predicted molar refractivity (Wildman–Crippen MR) is 75.0 cm³/mol. The number of carbonyl (C=O) groups is 3. The zero-order valence-electron chi connectivity index (χ0n) is 12.1. The third kappa shape index (κ3) is 3.25. The van der Waals surface area contributed by atoms with Gasteiger partial charge in [-0.2, -0.15) is 0 Å². The molecule has 0 fully saturated rings. The molecular weight excluding hydrogens is 290 g/mol. The van der Waals surface area contributed by atoms with Gasteiger partial charge >= 0.3 is 11.9 Å². The molecule has 7 nitrogen and oxygen atoms in total. The molecule has 1 atom stereocenters. The minimum Gasteiger partial charge on any atom is -0.468 e. The van der Waals surface area contributed by atoms with Gasteiger partial charge in [0, 0.05) is 11.6 Å². The highest BCUT2D eigenvalue weighted by Crippen LogP contribution is 2.24. The van der Waals surface area contributed by atoms with Crippen molar-refractivity contribution in [1.29, 1.82) is 0 Å². The first kappa shape index (κ1) is 15.6. The number of hydrogen-bond donors (Lipinski definition) is 0. The van der Waals surface area contributed by atoms with Gasteiger partial charge in [0.2, 0.25) is 0 Å². The summed E-state index contributed by atoms with van der Waals surface area (Å²) >= 11 is 0. The molecule has 0 bridgehead atoms. The van der Waals surface area contributed by atoms with Gasteiger partial charge in [-0.15, -0.1) is 0 Å². The lowest BCUT2D eigenvalue weighted by Gasteiger charge is -2.32. The SMILES string of the molecule is COC(=O)CN1C(=O)C=C(c2ccccc2)OC1C(=O)OC. The van der Waals surface area contributed by atoms with Crippen LogP contribution in [-0.2, 0) is 28.6 Å². The number of carbonyl (C=O) groups excluding carboxylic acids is 3. The van der Waals surface area contributed by atoms with Crippen LogP contribution in [0.1, 0.15) is 5.56 Å². The molecule has 0 aliphatic carbocycles. The van der Waals surface area contributed by atoms with Crippen LogP contribution in [0.15, 0.2) is 36.4 Å². The van der Waals surface area contributed by atoms with Crippen LogP contribution >= 0.6 is 0 Å². The summed E-state index contributed by atoms with van der Waals surface area (Å²) < 4.78 is 14.7. The molecule has 0 radical (unpaired) electrons. The van der Waals surface area contributed by atoms with E-state index in [2.05, 4.69) is 9.47 Å². The maximum absolute atomic E-state index is 12.2. The minimum atomic E-state index is -1.34. The summed E-state index contributed by atoms with van der Waals surface area (Å²) in [6.07, 6.45) is -0.116. The third-order valence-corrected chi connectivity index (χ3v) is 3.05. The van der Waals surface area contributed by atoms with Crippen LogP contribution in [0.25, 0.3) is 5.76 Å². The van der Waals surface area contributed by atoms with Crippen LogP contribution in [0.4, 0.5) is 0 Å². The number of ether oxygens (including phenoxy) is 3. The van der Waals surface area contributed by atoms with Gasteiger partial charge in [-0.1, -0.05) is 30.3 Å². The average Bonchev–Trinajstić information content (AvgIpc) is 2.56. The predicted octanol–water partition coefficient (Wildman–Crippen LogP) is 0.558. The highest BCUT2D eigenvalue weighted by molar-refractivity contribution is 5.99. The Morgan fingerprint density at radius 2 is 1.86 bits per heavy atom. The highest BCUT2D eigenvalue weighted by Gasteiger charge is 2.38. The molecule has 22 heavy (non-hydrogen) atoms. The second kappa shape index (κ2) is 6.75. The van der Waals surface area contributed by atoms with E-state index < -0.39 is 30.6 Å². The highest BCUT2D eigenvalue weighted by atomic mass is 16.6. The van der Waals surface area contributed by atoms with Gasteiger partial charge in [-0.25, -0.2) is 4.79 Å². The lowest BCUT2D eigenvalue weighted by atomic mass is 10.1. The molecule has 7 heteroatoms. The molecule has 0 saturated heterocycles. The van der Waals surface area contributed by atoms with E-state index >= 15 is 0 Å². The van der Waals surface area contributed by atoms with Crippen molar-refractivity contribution < 1.29 is 28.6 Å². The Morgan fingerprint density at radius 1 is 1.18 bits per heavy atom. The summed E-state index contributed by atoms with van der Waals surface area (Å²) in [4.78, 5) is 36.4. The monoisotopic (exact) mass is 305 g/mol. The molecule has 1 aliphatic rings. The lowest BCUT2D eigenvalue weighted by molar-refractivity contribution is -0.170. The third-order valence-electron chi connectivity index (χ3n) is 3.05. The van der Waals surface area contributed by atoms with E-state index in [4.69, 9.17) is 4.74 Å². The molecule has 116 valence electrons. The molecule has 0 spiro atoms. The number of benzene rings is 1. The fourth-order valence-electron chi connectivity index (χ4n) is 1.92. The summed E-state index contributed by atoms with van der Waals surface area (Å²) in [5, 5.41) is 0. The van der Waals surface area contributed by atoms with E-state index in [0.717, 1.165) is 4.90 Å². The van der Waals surface area contributed by atoms with Gasteiger partial charge in [-0.05, 0) is 0 Å². The topological polar surface area (TPSA) is 82.1 Å². The Kier molecular flexibility index (Phi) is 4.77. The van der Waals surface area contributed by atoms with Crippen molar-refractivity contribution in [2.45, 2.75) is 6.23 Å². The molecule has 1 aliphatic heterocycles. The molecule has 2 rings (SSSR count). The van der Waals surface area contributed by atoms with Crippen LogP contribution < -0.4 is 0 Å². The van der Waals surface area contributed by atoms with Crippen LogP contribution in [0.3, 0.4) is 0 Å². The van der Waals surface area contributed by atoms with E-state index in [1.807, 2.05) is 6.07 Å². The number of rotatable bonds is 4. The van der Waals surface area contributed by atoms with Gasteiger partial charge in [0.15, 0.2) is 0 Å². The summed E-state index contributed by atoms with van der Waals surface area (Å²) in [7, 11) is 2.36. The van der Waals surface area contributed by atoms with E-state index in [-0.39, 0.29) is 5.76 Å². The Bertz CT molecular complexity index is 610. The maximum atomic E-state index is 12.2. The van der Waals surface area contributed by atoms with Crippen molar-refractivity contribution in [1.82, 2.24) is 4.90 Å². The smallest absolute Gasteiger partial charge is 0.369 e. The molecular formula is C15H15NO6. The maximum Gasteiger partial charge on any atom is 0.369 e. The Hall–Kier alpha value is -2.83. The van der Waals surface area contributed by atoms with Crippen LogP contribution in [-0.4, -0.2) is 49.7 Å². The first-order valence-electron chi connectivity index (χ1n) is 6.46. The standard InChI is InChI=1S/C15H15NO6/c1-20-13(18)9-16-12(17)8-11(10-6-4-3-5-7-10)22-14(16)15(19)21-2/h3-8,14H,9H2,1-2H3. The first-order chi connectivity index (χ1) is 10.6. The molecule has 0 N–H and O–H groups in total. The first-order valence-corrected chi connectivity index (χ1v) is 6.46. The second-order valence-electron chi connectivity index (χ2n) is 4.41. The molecule has 1 heterocycles. The minimum absolute atomic E-state index is 0.238. The van der Waals surface area contributed by atoms with E-state index in [0.29, 0.717) is 5.56 Å². The van der Waals surface area contributed by atoms with E-state index in [9.17, 15) is 14.4 Å². The van der Waals surface area contributed by atoms with Crippen molar-refractivity contribution in [2.24, 2.45) is 0 Å². The van der Waals surface area contributed by atoms with E-state index in [1.165, 1.54) is 20.3 Å². The van der Waals surface area contributed by atoms with Crippen molar-refractivity contribution >= 4 is 23.6 Å². The normalized spacial score (nSPS) is 17.4. The van der Waals surface area contributed by atoms with Gasteiger partial charge in [-0.3, -0.25) is 14.5 Å². The summed E-state index contributed by atoms with van der Waals surface area (Å²) in [5.74, 6) is -1.74. The number of hydrogen-bond acceptors (Lipinski definition) is 6. The van der Waals surface area contributed by atoms with Crippen molar-refractivity contribution in [3.8, 4) is 0 Å². The van der Waals surface area contributed by atoms with Gasteiger partial charge in [0.25, 0.3) is 12.1 Å². The van der Waals surface area contributed by atoms with E-state index in [1.54, 1.807) is 24.3 Å². The van der Waals surface area contributed by atoms with Crippen LogP contribution in [0.2, 0.25) is 0 Å². The van der Waals surface area contributed by atoms with Crippen LogP contribution in [0, 0.1) is 0 Å². The van der Waals surface area contributed by atoms with Crippen molar-refractivity contribution in [2.75, 3.05) is 20.8 Å². The fourth-order valence-corrected chi connectivity index (χ4v) is 1.92. The summed E-state index contributed by atoms with van der Waals surface area (Å²) in [5.41, 5.74) is 0.641. The number of nitrogens with zero attached hydrogens (tertiary/aromatic N) is 1. The Morgan fingerprint density at radius 3 is 2.45 bits per heavy atom. The quantitative estimate of drug-likeness (QED) is 0.756. The number of esters is 2. The van der Waals surface area contributed by atoms with Crippen molar-refractivity contribution in [3.63, 3.8) is 0 Å². The largest absolute Gasteiger partial charge is 0.468 e. The molecule has 1 aromatic rings. The van der Waals surface area contributed by atoms with Crippen LogP contribution in [0.5, 0.6) is 0 Å². The van der Waals surface area contributed by atoms with Gasteiger partial charge in [0.05, 0.1) is 14.2 Å². The zero-order chi connectivity index (χ0) is 16.1. The molecule has 1 amide bonds. The fraction of sp³-hybridized carbons (Fsp3) is 0.267. The number of methoxy groups -OCH3 is 2. The van der Waals surface area contributed by atoms with Gasteiger partial charge < -0.3 is 14.2 Å². The Balaban J connectivity index is 2.32. The van der Waals surface area contributed by atoms with Crippen molar-refractivity contribution in [3.05, 3.63) is 42.0 Å². The molecule has 0 aromatic heterocycles. The Labute approximate surface area is 127 Å². The lowest BCUT2D eigenvalue weighted by Crippen LogP contribution is -2.51. The van der Waals surface area contributed by atoms with Gasteiger partial charge in [0.1, 0.15) is 12.3 Å². The molecule has 1 aromatic carbocycles. The second-order valence-corrected chi connectivity index (χ2v) is 4.41. The molecule has 1 unspecified atom stereocenters. The average molecular weight is 305 g/mol. The zero-order valence-corrected chi connectivity index (χ0v) is 12.1. The summed E-state index contributed by atoms with van der Waals surface area (Å²) in [6, 6.07) is 8.85. The summed E-state index contributed by atoms with van der Waals surface area (Å²) in [6.45, 7) is -0.409.